The summed E-state index contributed by atoms with van der Waals surface area (Å²) in [6, 6.07) is 17.5. The van der Waals surface area contributed by atoms with Crippen LogP contribution in [0.15, 0.2) is 54.6 Å². The van der Waals surface area contributed by atoms with Gasteiger partial charge >= 0.3 is 12.1 Å². The predicted octanol–water partition coefficient (Wildman–Crippen LogP) is 3.36. The number of benzene rings is 2. The lowest BCUT2D eigenvalue weighted by Gasteiger charge is -2.31. The molecule has 1 unspecified atom stereocenters. The van der Waals surface area contributed by atoms with Crippen molar-refractivity contribution >= 4 is 17.8 Å². The SMILES string of the molecule is CC(N)CN(C)C(=O)NCCN1CCC(OC(=O)Nc2ccccc2-c2ccccc2)CC1. The van der Waals surface area contributed by atoms with E-state index >= 15 is 0 Å². The van der Waals surface area contributed by atoms with Gasteiger partial charge in [0.2, 0.25) is 0 Å². The molecular weight excluding hydrogens is 418 g/mol. The molecule has 0 spiro atoms. The second-order valence-electron chi connectivity index (χ2n) is 8.57. The maximum Gasteiger partial charge on any atom is 0.411 e. The van der Waals surface area contributed by atoms with Gasteiger partial charge < -0.3 is 25.6 Å². The average Bonchev–Trinajstić information content (AvgIpc) is 2.80. The van der Waals surface area contributed by atoms with Gasteiger partial charge in [0.15, 0.2) is 0 Å². The largest absolute Gasteiger partial charge is 0.446 e. The number of rotatable bonds is 8. The van der Waals surface area contributed by atoms with Crippen LogP contribution in [0.25, 0.3) is 11.1 Å². The van der Waals surface area contributed by atoms with E-state index < -0.39 is 6.09 Å². The summed E-state index contributed by atoms with van der Waals surface area (Å²) in [5.74, 6) is 0. The van der Waals surface area contributed by atoms with E-state index in [-0.39, 0.29) is 18.2 Å². The first kappa shape index (κ1) is 24.5. The summed E-state index contributed by atoms with van der Waals surface area (Å²) in [4.78, 5) is 28.4. The Hall–Kier alpha value is -3.10. The lowest BCUT2D eigenvalue weighted by atomic mass is 10.0. The topological polar surface area (TPSA) is 99.9 Å². The number of nitrogens with zero attached hydrogens (tertiary/aromatic N) is 2. The Kier molecular flexibility index (Phi) is 9.09. The molecule has 1 atom stereocenters. The van der Waals surface area contributed by atoms with Crippen LogP contribution in [0.5, 0.6) is 0 Å². The second kappa shape index (κ2) is 12.2. The molecule has 0 aromatic heterocycles. The zero-order chi connectivity index (χ0) is 23.6. The van der Waals surface area contributed by atoms with Crippen molar-refractivity contribution < 1.29 is 14.3 Å². The molecule has 1 fully saturated rings. The number of nitrogens with one attached hydrogen (secondary N) is 2. The number of carbonyl (C=O) groups excluding carboxylic acids is 2. The molecule has 0 aliphatic carbocycles. The number of anilines is 1. The Bertz CT molecular complexity index is 898. The summed E-state index contributed by atoms with van der Waals surface area (Å²) in [6.07, 6.45) is 0.997. The van der Waals surface area contributed by atoms with E-state index in [9.17, 15) is 9.59 Å². The molecule has 2 aromatic carbocycles. The van der Waals surface area contributed by atoms with Gasteiger partial charge in [-0.2, -0.15) is 0 Å². The second-order valence-corrected chi connectivity index (χ2v) is 8.57. The van der Waals surface area contributed by atoms with E-state index in [2.05, 4.69) is 15.5 Å². The number of hydrogen-bond donors (Lipinski definition) is 3. The highest BCUT2D eigenvalue weighted by molar-refractivity contribution is 5.91. The zero-order valence-corrected chi connectivity index (χ0v) is 19.5. The number of likely N-dealkylation sites (tertiary alicyclic amines) is 1. The number of urea groups is 1. The van der Waals surface area contributed by atoms with Crippen molar-refractivity contribution in [3.05, 3.63) is 54.6 Å². The molecule has 3 rings (SSSR count). The number of piperidine rings is 1. The summed E-state index contributed by atoms with van der Waals surface area (Å²) in [5, 5.41) is 5.82. The summed E-state index contributed by atoms with van der Waals surface area (Å²) in [7, 11) is 1.74. The normalized spacial score (nSPS) is 15.5. The van der Waals surface area contributed by atoms with Crippen molar-refractivity contribution in [2.24, 2.45) is 5.73 Å². The smallest absolute Gasteiger partial charge is 0.411 e. The van der Waals surface area contributed by atoms with Gasteiger partial charge in [-0.05, 0) is 31.4 Å². The third kappa shape index (κ3) is 7.76. The van der Waals surface area contributed by atoms with Crippen LogP contribution in [0.4, 0.5) is 15.3 Å². The molecule has 1 heterocycles. The minimum atomic E-state index is -0.429. The van der Waals surface area contributed by atoms with Crippen LogP contribution >= 0.6 is 0 Å². The highest BCUT2D eigenvalue weighted by atomic mass is 16.6. The molecule has 1 aliphatic heterocycles. The number of carbonyl (C=O) groups is 2. The molecular formula is C25H35N5O3. The number of hydrogen-bond acceptors (Lipinski definition) is 5. The van der Waals surface area contributed by atoms with Gasteiger partial charge in [0, 0.05) is 51.4 Å². The monoisotopic (exact) mass is 453 g/mol. The number of likely N-dealkylation sites (N-methyl/N-ethyl adjacent to an activating group) is 1. The Balaban J connectivity index is 1.39. The molecule has 33 heavy (non-hydrogen) atoms. The van der Waals surface area contributed by atoms with Gasteiger partial charge in [0.25, 0.3) is 0 Å². The Labute approximate surface area is 196 Å². The van der Waals surface area contributed by atoms with Crippen molar-refractivity contribution in [2.45, 2.75) is 31.9 Å². The van der Waals surface area contributed by atoms with Crippen LogP contribution < -0.4 is 16.4 Å². The molecule has 1 saturated heterocycles. The molecule has 4 N–H and O–H groups in total. The van der Waals surface area contributed by atoms with E-state index in [0.717, 1.165) is 49.3 Å². The molecule has 1 aliphatic rings. The fourth-order valence-corrected chi connectivity index (χ4v) is 3.97. The maximum absolute atomic E-state index is 12.5. The van der Waals surface area contributed by atoms with E-state index in [1.165, 1.54) is 0 Å². The van der Waals surface area contributed by atoms with E-state index in [0.29, 0.717) is 13.1 Å². The molecule has 3 amide bonds. The summed E-state index contributed by atoms with van der Waals surface area (Å²) < 4.78 is 5.68. The predicted molar refractivity (Wildman–Crippen MR) is 131 cm³/mol. The fourth-order valence-electron chi connectivity index (χ4n) is 3.97. The summed E-state index contributed by atoms with van der Waals surface area (Å²) >= 11 is 0. The molecule has 8 heteroatoms. The molecule has 0 bridgehead atoms. The van der Waals surface area contributed by atoms with Crippen molar-refractivity contribution in [1.29, 1.82) is 0 Å². The summed E-state index contributed by atoms with van der Waals surface area (Å²) in [5.41, 5.74) is 8.46. The molecule has 0 radical (unpaired) electrons. The molecule has 8 nitrogen and oxygen atoms in total. The van der Waals surface area contributed by atoms with Crippen LogP contribution in [0.2, 0.25) is 0 Å². The van der Waals surface area contributed by atoms with E-state index in [1.807, 2.05) is 61.5 Å². The van der Waals surface area contributed by atoms with Crippen molar-refractivity contribution in [2.75, 3.05) is 45.1 Å². The third-order valence-corrected chi connectivity index (χ3v) is 5.67. The minimum Gasteiger partial charge on any atom is -0.446 e. The van der Waals surface area contributed by atoms with Gasteiger partial charge in [0.1, 0.15) is 6.10 Å². The third-order valence-electron chi connectivity index (χ3n) is 5.67. The van der Waals surface area contributed by atoms with Crippen LogP contribution in [0, 0.1) is 0 Å². The zero-order valence-electron chi connectivity index (χ0n) is 19.5. The van der Waals surface area contributed by atoms with Crippen LogP contribution in [-0.2, 0) is 4.74 Å². The van der Waals surface area contributed by atoms with Gasteiger partial charge in [0.05, 0.1) is 5.69 Å². The quantitative estimate of drug-likeness (QED) is 0.569. The first-order valence-corrected chi connectivity index (χ1v) is 11.5. The van der Waals surface area contributed by atoms with Crippen LogP contribution in [0.1, 0.15) is 19.8 Å². The molecule has 0 saturated carbocycles. The highest BCUT2D eigenvalue weighted by Crippen LogP contribution is 2.28. The van der Waals surface area contributed by atoms with Gasteiger partial charge in [-0.15, -0.1) is 0 Å². The lowest BCUT2D eigenvalue weighted by Crippen LogP contribution is -2.46. The first-order chi connectivity index (χ1) is 15.9. The fraction of sp³-hybridized carbons (Fsp3) is 0.440. The minimum absolute atomic E-state index is 0.0520. The number of para-hydroxylation sites is 1. The standard InChI is InChI=1S/C25H35N5O3/c1-19(26)18-29(2)24(31)27-14-17-30-15-12-21(13-16-30)33-25(32)28-23-11-7-6-10-22(23)20-8-4-3-5-9-20/h3-11,19,21H,12-18,26H2,1-2H3,(H,27,31)(H,28,32). The van der Waals surface area contributed by atoms with Gasteiger partial charge in [-0.1, -0.05) is 48.5 Å². The van der Waals surface area contributed by atoms with Gasteiger partial charge in [-0.25, -0.2) is 9.59 Å². The number of nitrogens with two attached hydrogens (primary N) is 1. The Morgan fingerprint density at radius 1 is 1.12 bits per heavy atom. The number of ether oxygens (including phenoxy) is 1. The number of amides is 3. The first-order valence-electron chi connectivity index (χ1n) is 11.5. The van der Waals surface area contributed by atoms with Crippen molar-refractivity contribution in [3.63, 3.8) is 0 Å². The average molecular weight is 454 g/mol. The van der Waals surface area contributed by atoms with E-state index in [4.69, 9.17) is 10.5 Å². The van der Waals surface area contributed by atoms with Crippen molar-refractivity contribution in [1.82, 2.24) is 15.1 Å². The van der Waals surface area contributed by atoms with Gasteiger partial charge in [-0.3, -0.25) is 5.32 Å². The molecule has 2 aromatic rings. The highest BCUT2D eigenvalue weighted by Gasteiger charge is 2.23. The van der Waals surface area contributed by atoms with Crippen molar-refractivity contribution in [3.8, 4) is 11.1 Å². The lowest BCUT2D eigenvalue weighted by molar-refractivity contribution is 0.0593. The Morgan fingerprint density at radius 2 is 1.79 bits per heavy atom. The maximum atomic E-state index is 12.5. The Morgan fingerprint density at radius 3 is 2.48 bits per heavy atom. The summed E-state index contributed by atoms with van der Waals surface area (Å²) in [6.45, 7) is 5.38. The molecule has 178 valence electrons. The van der Waals surface area contributed by atoms with E-state index in [1.54, 1.807) is 11.9 Å². The van der Waals surface area contributed by atoms with Crippen LogP contribution in [-0.4, -0.2) is 73.8 Å². The van der Waals surface area contributed by atoms with Crippen LogP contribution in [0.3, 0.4) is 0 Å².